The quantitative estimate of drug-likeness (QED) is 0.224. The maximum atomic E-state index is 11.6. The van der Waals surface area contributed by atoms with Crippen LogP contribution in [0, 0.1) is 0 Å². The van der Waals surface area contributed by atoms with Crippen LogP contribution in [0.3, 0.4) is 0 Å². The topological polar surface area (TPSA) is 87.3 Å². The largest absolute Gasteiger partial charge is 0.355 e. The number of Topliss-reactive ketones (excluding diaryl/α,β-unsaturated/α-hetero) is 1. The molecule has 6 heterocycles. The van der Waals surface area contributed by atoms with Crippen LogP contribution in [0.1, 0.15) is 45.2 Å². The molecule has 0 amide bonds. The summed E-state index contributed by atoms with van der Waals surface area (Å²) < 4.78 is 0. The summed E-state index contributed by atoms with van der Waals surface area (Å²) in [6.45, 7) is 0. The monoisotopic (exact) mass is 505 g/mol. The predicted octanol–water partition coefficient (Wildman–Crippen LogP) is 7.49. The summed E-state index contributed by atoms with van der Waals surface area (Å²) >= 11 is 0. The molecule has 1 aliphatic carbocycles. The number of rotatable bonds is 0. The molecule has 0 saturated carbocycles. The summed E-state index contributed by atoms with van der Waals surface area (Å²) in [6, 6.07) is 26.2. The average molecular weight is 506 g/mol. The number of para-hydroxylation sites is 1. The van der Waals surface area contributed by atoms with Crippen molar-refractivity contribution < 1.29 is 4.79 Å². The van der Waals surface area contributed by atoms with Crippen LogP contribution < -0.4 is 0 Å². The summed E-state index contributed by atoms with van der Waals surface area (Å²) in [4.78, 5) is 32.1. The Morgan fingerprint density at radius 3 is 1.77 bits per heavy atom. The van der Waals surface area contributed by atoms with Crippen molar-refractivity contribution in [2.75, 3.05) is 0 Å². The van der Waals surface area contributed by atoms with Gasteiger partial charge in [-0.1, -0.05) is 24.3 Å². The molecule has 2 N–H and O–H groups in total. The zero-order valence-corrected chi connectivity index (χ0v) is 20.9. The molecule has 0 unspecified atom stereocenters. The molecule has 1 aromatic carbocycles. The fraction of sp³-hybridized carbons (Fsp3) is 0.0303. The first-order chi connectivity index (χ1) is 19.1. The average Bonchev–Trinajstić information content (AvgIpc) is 3.75. The number of ketones is 1. The van der Waals surface area contributed by atoms with Crippen molar-refractivity contribution in [3.8, 4) is 0 Å². The Hall–Kier alpha value is -5.36. The van der Waals surface area contributed by atoms with Gasteiger partial charge in [0.25, 0.3) is 0 Å². The minimum atomic E-state index is 0.158. The molecule has 4 aromatic heterocycles. The molecule has 8 rings (SSSR count). The van der Waals surface area contributed by atoms with Gasteiger partial charge in [-0.25, -0.2) is 15.0 Å². The standard InChI is InChI=1S/C20H14N4.C13H9NO/c1-2-14-10-16-5-6-18(23-16)12-20-8-7-19(24-20)11-17-4-3-15(22-17)9-13(1)21-14;15-13-7-3-6-12-10(13)8-9-4-1-2-5-11(9)14-12/h1-12,21-22H;1-6,8H,7H2. The Labute approximate surface area is 224 Å². The van der Waals surface area contributed by atoms with Gasteiger partial charge >= 0.3 is 0 Å². The predicted molar refractivity (Wildman–Crippen MR) is 159 cm³/mol. The molecule has 2 aliphatic heterocycles. The van der Waals surface area contributed by atoms with E-state index in [0.29, 0.717) is 6.42 Å². The molecule has 6 heteroatoms. The highest BCUT2D eigenvalue weighted by Gasteiger charge is 2.14. The third-order valence-electron chi connectivity index (χ3n) is 6.67. The Morgan fingerprint density at radius 1 is 0.564 bits per heavy atom. The highest BCUT2D eigenvalue weighted by Crippen LogP contribution is 2.22. The third-order valence-corrected chi connectivity index (χ3v) is 6.67. The summed E-state index contributed by atoms with van der Waals surface area (Å²) in [5.41, 5.74) is 10.3. The van der Waals surface area contributed by atoms with Crippen molar-refractivity contribution in [3.63, 3.8) is 0 Å². The minimum Gasteiger partial charge on any atom is -0.355 e. The molecular weight excluding hydrogens is 482 g/mol. The molecule has 186 valence electrons. The Morgan fingerprint density at radius 2 is 1.13 bits per heavy atom. The lowest BCUT2D eigenvalue weighted by atomic mass is 9.99. The summed E-state index contributed by atoms with van der Waals surface area (Å²) in [6.07, 6.45) is 12.3. The van der Waals surface area contributed by atoms with Gasteiger partial charge in [-0.3, -0.25) is 4.79 Å². The highest BCUT2D eigenvalue weighted by molar-refractivity contribution is 6.04. The second-order valence-electron chi connectivity index (χ2n) is 9.55. The van der Waals surface area contributed by atoms with Crippen LogP contribution in [0.4, 0.5) is 0 Å². The van der Waals surface area contributed by atoms with Crippen molar-refractivity contribution >= 4 is 69.1 Å². The number of aromatic amines is 2. The minimum absolute atomic E-state index is 0.158. The fourth-order valence-corrected chi connectivity index (χ4v) is 4.81. The number of carbonyl (C=O) groups is 1. The lowest BCUT2D eigenvalue weighted by Crippen LogP contribution is -2.06. The van der Waals surface area contributed by atoms with Crippen molar-refractivity contribution in [2.24, 2.45) is 0 Å². The van der Waals surface area contributed by atoms with Crippen molar-refractivity contribution in [2.45, 2.75) is 6.42 Å². The summed E-state index contributed by atoms with van der Waals surface area (Å²) in [5.74, 6) is 0.158. The number of carbonyl (C=O) groups excluding carboxylic acids is 1. The van der Waals surface area contributed by atoms with Crippen LogP contribution >= 0.6 is 0 Å². The number of allylic oxidation sites excluding steroid dienone is 1. The second kappa shape index (κ2) is 9.50. The first-order valence-corrected chi connectivity index (χ1v) is 12.8. The van der Waals surface area contributed by atoms with Gasteiger partial charge in [0.2, 0.25) is 0 Å². The van der Waals surface area contributed by atoms with Crippen molar-refractivity contribution in [3.05, 3.63) is 119 Å². The van der Waals surface area contributed by atoms with Gasteiger partial charge in [0.1, 0.15) is 0 Å². The van der Waals surface area contributed by atoms with Gasteiger partial charge in [0.05, 0.1) is 34.0 Å². The van der Waals surface area contributed by atoms with E-state index in [1.54, 1.807) is 0 Å². The lowest BCUT2D eigenvalue weighted by Gasteiger charge is -2.09. The van der Waals surface area contributed by atoms with E-state index in [0.717, 1.165) is 67.0 Å². The number of benzene rings is 1. The molecule has 39 heavy (non-hydrogen) atoms. The first kappa shape index (κ1) is 22.8. The SMILES string of the molecule is C1=Cc2cc3ccc(cc4ccc(cc5nc(cc1n2)C=C5)[nH]4)[nH]3.O=C1CC=Cc2nc3ccccc3cc21. The van der Waals surface area contributed by atoms with Gasteiger partial charge in [0.15, 0.2) is 5.78 Å². The zero-order valence-electron chi connectivity index (χ0n) is 20.9. The number of nitrogens with one attached hydrogen (secondary N) is 2. The number of H-pyrrole nitrogens is 2. The Kier molecular flexibility index (Phi) is 5.56. The molecule has 5 aromatic rings. The van der Waals surface area contributed by atoms with E-state index in [2.05, 4.69) is 55.3 Å². The number of pyridine rings is 1. The first-order valence-electron chi connectivity index (χ1n) is 12.8. The lowest BCUT2D eigenvalue weighted by molar-refractivity contribution is 0.0994. The molecule has 0 radical (unpaired) electrons. The van der Waals surface area contributed by atoms with Gasteiger partial charge in [-0.05, 0) is 91.0 Å². The van der Waals surface area contributed by atoms with Crippen LogP contribution in [-0.2, 0) is 0 Å². The molecule has 6 nitrogen and oxygen atoms in total. The van der Waals surface area contributed by atoms with Gasteiger partial charge < -0.3 is 9.97 Å². The normalized spacial score (nSPS) is 13.3. The second-order valence-corrected chi connectivity index (χ2v) is 9.55. The van der Waals surface area contributed by atoms with Crippen molar-refractivity contribution in [1.29, 1.82) is 0 Å². The summed E-state index contributed by atoms with van der Waals surface area (Å²) in [7, 11) is 0. The third kappa shape index (κ3) is 4.83. The van der Waals surface area contributed by atoms with Crippen LogP contribution in [0.25, 0.3) is 63.3 Å². The number of hydrogen-bond acceptors (Lipinski definition) is 4. The summed E-state index contributed by atoms with van der Waals surface area (Å²) in [5, 5.41) is 1.03. The van der Waals surface area contributed by atoms with E-state index in [1.165, 1.54) is 0 Å². The number of nitrogens with zero attached hydrogens (tertiary/aromatic N) is 3. The van der Waals surface area contributed by atoms with E-state index in [-0.39, 0.29) is 5.78 Å². The number of aromatic nitrogens is 5. The van der Waals surface area contributed by atoms with E-state index in [9.17, 15) is 4.79 Å². The molecule has 0 atom stereocenters. The van der Waals surface area contributed by atoms with Crippen LogP contribution in [0.2, 0.25) is 0 Å². The van der Waals surface area contributed by atoms with E-state index in [1.807, 2.05) is 85.0 Å². The van der Waals surface area contributed by atoms with Gasteiger partial charge in [-0.15, -0.1) is 0 Å². The van der Waals surface area contributed by atoms with E-state index < -0.39 is 0 Å². The Bertz CT molecular complexity index is 1930. The number of fused-ring (bicyclic) bond motifs is 10. The van der Waals surface area contributed by atoms with E-state index >= 15 is 0 Å². The zero-order chi connectivity index (χ0) is 26.2. The maximum Gasteiger partial charge on any atom is 0.168 e. The van der Waals surface area contributed by atoms with E-state index in [4.69, 9.17) is 0 Å². The van der Waals surface area contributed by atoms with Crippen molar-refractivity contribution in [1.82, 2.24) is 24.9 Å². The molecule has 0 fully saturated rings. The van der Waals surface area contributed by atoms with Crippen LogP contribution in [0.15, 0.2) is 84.9 Å². The van der Waals surface area contributed by atoms with Gasteiger partial charge in [-0.2, -0.15) is 0 Å². The van der Waals surface area contributed by atoms with Crippen LogP contribution in [-0.4, -0.2) is 30.7 Å². The smallest absolute Gasteiger partial charge is 0.168 e. The number of hydrogen-bond donors (Lipinski definition) is 2. The molecule has 0 saturated heterocycles. The van der Waals surface area contributed by atoms with Gasteiger partial charge in [0, 0.05) is 39.4 Å². The highest BCUT2D eigenvalue weighted by atomic mass is 16.1. The molecule has 3 aliphatic rings. The Balaban J connectivity index is 0.000000145. The molecule has 0 spiro atoms. The molecule has 8 bridgehead atoms. The van der Waals surface area contributed by atoms with Crippen LogP contribution in [0.5, 0.6) is 0 Å². The molecular formula is C33H23N5O. The fourth-order valence-electron chi connectivity index (χ4n) is 4.81. The maximum absolute atomic E-state index is 11.6.